The number of ether oxygens (including phenoxy) is 1. The predicted molar refractivity (Wildman–Crippen MR) is 187 cm³/mol. The van der Waals surface area contributed by atoms with Crippen LogP contribution >= 0.6 is 11.6 Å². The van der Waals surface area contributed by atoms with E-state index in [9.17, 15) is 22.5 Å². The average molecular weight is 705 g/mol. The number of halogens is 1. The molecule has 2 aliphatic heterocycles. The van der Waals surface area contributed by atoms with Gasteiger partial charge in [-0.25, -0.2) is 4.21 Å². The Morgan fingerprint density at radius 3 is 2.72 bits per heavy atom. The Bertz CT molecular complexity index is 1800. The number of aliphatic hydroxyl groups is 1. The molecule has 1 unspecified atom stereocenters. The second-order valence-corrected chi connectivity index (χ2v) is 18.6. The predicted octanol–water partition coefficient (Wildman–Crippen LogP) is 4.89. The fourth-order valence-electron chi connectivity index (χ4n) is 7.83. The van der Waals surface area contributed by atoms with E-state index in [1.165, 1.54) is 11.1 Å². The molecule has 1 fully saturated rings. The van der Waals surface area contributed by atoms with E-state index in [-0.39, 0.29) is 23.2 Å². The summed E-state index contributed by atoms with van der Waals surface area (Å²) in [7, 11) is -6.87. The van der Waals surface area contributed by atoms with Crippen molar-refractivity contribution in [1.82, 2.24) is 4.72 Å². The van der Waals surface area contributed by atoms with Gasteiger partial charge < -0.3 is 14.7 Å². The van der Waals surface area contributed by atoms with Gasteiger partial charge >= 0.3 is 0 Å². The molecule has 2 aromatic rings. The first-order valence-corrected chi connectivity index (χ1v) is 20.3. The minimum absolute atomic E-state index is 0.00408. The number of fused-ring (bicyclic) bond motifs is 4. The molecule has 256 valence electrons. The molecule has 7 atom stereocenters. The Hall–Kier alpha value is -2.57. The first-order valence-electron chi connectivity index (χ1n) is 16.3. The third kappa shape index (κ3) is 6.97. The van der Waals surface area contributed by atoms with E-state index < -0.39 is 43.2 Å². The van der Waals surface area contributed by atoms with Crippen LogP contribution in [0.2, 0.25) is 5.02 Å². The van der Waals surface area contributed by atoms with Crippen LogP contribution in [-0.4, -0.2) is 72.9 Å². The highest BCUT2D eigenvalue weighted by Gasteiger charge is 2.48. The highest BCUT2D eigenvalue weighted by molar-refractivity contribution is 7.99. The molecule has 0 aromatic heterocycles. The highest BCUT2D eigenvalue weighted by Crippen LogP contribution is 2.48. The van der Waals surface area contributed by atoms with Gasteiger partial charge in [0.2, 0.25) is 0 Å². The zero-order valence-corrected chi connectivity index (χ0v) is 29.6. The molecule has 0 radical (unpaired) electrons. The number of benzene rings is 2. The SMILES string of the molecule is C=S1(=O)NC(=O)c2ccc3c(c2)N(C[C@@H]2CC[C@H]2[C@@](O)(COS(C)(=O)=O)/C=C/C[C@H](C)[C@H]1C)C[C@@]1(CCCc2cc(Cl)ccc21)CO3. The van der Waals surface area contributed by atoms with E-state index in [1.807, 2.05) is 25.1 Å². The fourth-order valence-corrected chi connectivity index (χ4v) is 9.90. The molecule has 0 saturated heterocycles. The normalized spacial score (nSPS) is 35.0. The van der Waals surface area contributed by atoms with Gasteiger partial charge in [-0.15, -0.1) is 0 Å². The first kappa shape index (κ1) is 34.3. The van der Waals surface area contributed by atoms with Crippen molar-refractivity contribution < 1.29 is 31.4 Å². The molecule has 47 heavy (non-hydrogen) atoms. The largest absolute Gasteiger partial charge is 0.490 e. The zero-order valence-electron chi connectivity index (χ0n) is 27.2. The van der Waals surface area contributed by atoms with Gasteiger partial charge in [0.15, 0.2) is 0 Å². The van der Waals surface area contributed by atoms with Crippen molar-refractivity contribution in [3.8, 4) is 5.75 Å². The topological polar surface area (TPSA) is 122 Å². The van der Waals surface area contributed by atoms with Crippen LogP contribution in [0.5, 0.6) is 5.75 Å². The summed E-state index contributed by atoms with van der Waals surface area (Å²) < 4.78 is 52.4. The van der Waals surface area contributed by atoms with E-state index in [2.05, 4.69) is 21.6 Å². The maximum atomic E-state index is 13.8. The average Bonchev–Trinajstić information content (AvgIpc) is 3.13. The quantitative estimate of drug-likeness (QED) is 0.263. The molecule has 9 nitrogen and oxygen atoms in total. The molecule has 1 spiro atoms. The van der Waals surface area contributed by atoms with Crippen molar-refractivity contribution in [2.45, 2.75) is 68.6 Å². The minimum atomic E-state index is -3.81. The molecule has 12 heteroatoms. The molecule has 6 rings (SSSR count). The first-order chi connectivity index (χ1) is 22.1. The number of nitrogens with one attached hydrogen (secondary N) is 1. The number of hydrogen-bond donors (Lipinski definition) is 2. The van der Waals surface area contributed by atoms with Crippen molar-refractivity contribution in [3.05, 3.63) is 70.3 Å². The van der Waals surface area contributed by atoms with Crippen molar-refractivity contribution >= 4 is 48.9 Å². The second kappa shape index (κ2) is 12.7. The van der Waals surface area contributed by atoms with E-state index in [4.69, 9.17) is 20.5 Å². The van der Waals surface area contributed by atoms with Crippen LogP contribution in [0, 0.1) is 17.8 Å². The lowest BCUT2D eigenvalue weighted by Crippen LogP contribution is -2.54. The van der Waals surface area contributed by atoms with E-state index in [0.29, 0.717) is 48.9 Å². The Morgan fingerprint density at radius 2 is 2.00 bits per heavy atom. The number of nitrogens with zero attached hydrogens (tertiary/aromatic N) is 1. The summed E-state index contributed by atoms with van der Waals surface area (Å²) in [6.07, 6.45) is 9.24. The number of rotatable bonds is 3. The lowest BCUT2D eigenvalue weighted by atomic mass is 9.64. The molecule has 2 heterocycles. The van der Waals surface area contributed by atoms with Crippen molar-refractivity contribution in [2.24, 2.45) is 17.8 Å². The molecule has 2 aromatic carbocycles. The molecular weight excluding hydrogens is 660 g/mol. The summed E-state index contributed by atoms with van der Waals surface area (Å²) in [5.74, 6) is 3.67. The van der Waals surface area contributed by atoms with Gasteiger partial charge in [0, 0.05) is 34.3 Å². The van der Waals surface area contributed by atoms with Gasteiger partial charge in [-0.2, -0.15) is 8.42 Å². The molecular formula is C35H45ClN2O7S2. The molecule has 4 aliphatic rings. The standard InChI is InChI=1S/C35H45ClN2O7S2/c1-23-7-5-16-35(40,22-45-47(4,42)43)30-12-9-27(30)19-38-20-34(15-6-8-25-17-28(36)11-13-29(25)34)21-44-32-14-10-26(18-31(32)38)33(39)37-46(3,41)24(23)2/h5,10-11,13-14,16-18,23-24,27,30,40H,3,6-9,12,15,19-22H2,1-2,4H3,(H,37,39,41)/b16-5+/t23-,24+,27-,30+,34-,35-,46?/m0/s1. The van der Waals surface area contributed by atoms with Gasteiger partial charge in [0.25, 0.3) is 16.0 Å². The highest BCUT2D eigenvalue weighted by atomic mass is 35.5. The smallest absolute Gasteiger partial charge is 0.264 e. The third-order valence-corrected chi connectivity index (χ3v) is 13.9. The van der Waals surface area contributed by atoms with E-state index in [0.717, 1.165) is 37.6 Å². The number of aryl methyl sites for hydroxylation is 1. The summed E-state index contributed by atoms with van der Waals surface area (Å²) in [6, 6.07) is 11.4. The lowest BCUT2D eigenvalue weighted by Gasteiger charge is -2.49. The molecule has 2 bridgehead atoms. The van der Waals surface area contributed by atoms with Crippen LogP contribution in [0.1, 0.15) is 67.4 Å². The summed E-state index contributed by atoms with van der Waals surface area (Å²) in [4.78, 5) is 15.9. The lowest BCUT2D eigenvalue weighted by molar-refractivity contribution is -0.0697. The Morgan fingerprint density at radius 1 is 1.21 bits per heavy atom. The van der Waals surface area contributed by atoms with Gasteiger partial charge in [0.05, 0.1) is 34.9 Å². The van der Waals surface area contributed by atoms with Crippen LogP contribution < -0.4 is 14.4 Å². The van der Waals surface area contributed by atoms with Crippen LogP contribution in [0.4, 0.5) is 5.69 Å². The summed E-state index contributed by atoms with van der Waals surface area (Å²) in [5.41, 5.74) is 1.64. The number of carbonyl (C=O) groups excluding carboxylic acids is 1. The van der Waals surface area contributed by atoms with Gasteiger partial charge in [-0.1, -0.05) is 36.7 Å². The number of allylic oxidation sites excluding steroid dienone is 1. The number of anilines is 1. The Balaban J connectivity index is 1.45. The summed E-state index contributed by atoms with van der Waals surface area (Å²) in [5, 5.41) is 12.3. The van der Waals surface area contributed by atoms with Gasteiger partial charge in [0.1, 0.15) is 11.4 Å². The minimum Gasteiger partial charge on any atom is -0.490 e. The third-order valence-electron chi connectivity index (χ3n) is 10.9. The fraction of sp³-hybridized carbons (Fsp3) is 0.543. The van der Waals surface area contributed by atoms with Crippen LogP contribution in [0.15, 0.2) is 48.6 Å². The summed E-state index contributed by atoms with van der Waals surface area (Å²) in [6.45, 7) is 4.92. The Labute approximate surface area is 283 Å². The van der Waals surface area contributed by atoms with E-state index >= 15 is 0 Å². The van der Waals surface area contributed by atoms with Crippen LogP contribution in [0.3, 0.4) is 0 Å². The molecule has 1 saturated carbocycles. The number of amides is 1. The summed E-state index contributed by atoms with van der Waals surface area (Å²) >= 11 is 6.41. The molecule has 1 amide bonds. The maximum Gasteiger partial charge on any atom is 0.264 e. The second-order valence-electron chi connectivity index (χ2n) is 14.2. The molecule has 2 aliphatic carbocycles. The van der Waals surface area contributed by atoms with Crippen molar-refractivity contribution in [3.63, 3.8) is 0 Å². The van der Waals surface area contributed by atoms with Gasteiger partial charge in [-0.05, 0) is 111 Å². The Kier molecular flexibility index (Phi) is 9.28. The maximum absolute atomic E-state index is 13.8. The van der Waals surface area contributed by atoms with Crippen LogP contribution in [-0.2, 0) is 35.8 Å². The monoisotopic (exact) mass is 704 g/mol. The number of hydrogen-bond acceptors (Lipinski definition) is 8. The zero-order chi connectivity index (χ0) is 33.8. The molecule has 2 N–H and O–H groups in total. The van der Waals surface area contributed by atoms with Gasteiger partial charge in [-0.3, -0.25) is 13.7 Å². The van der Waals surface area contributed by atoms with E-state index in [1.54, 1.807) is 31.2 Å². The van der Waals surface area contributed by atoms with Crippen molar-refractivity contribution in [1.29, 1.82) is 0 Å². The van der Waals surface area contributed by atoms with Crippen LogP contribution in [0.25, 0.3) is 0 Å². The van der Waals surface area contributed by atoms with Crippen molar-refractivity contribution in [2.75, 3.05) is 37.5 Å². The number of carbonyl (C=O) groups is 1.